The zero-order chi connectivity index (χ0) is 15.4. The van der Waals surface area contributed by atoms with Gasteiger partial charge >= 0.3 is 0 Å². The zero-order valence-electron chi connectivity index (χ0n) is 12.7. The Morgan fingerprint density at radius 3 is 2.24 bits per heavy atom. The van der Waals surface area contributed by atoms with Gasteiger partial charge in [0.2, 0.25) is 0 Å². The normalized spacial score (nSPS) is 12.4. The van der Waals surface area contributed by atoms with Crippen molar-refractivity contribution in [2.75, 3.05) is 6.54 Å². The molecule has 0 heterocycles. The van der Waals surface area contributed by atoms with E-state index in [9.17, 15) is 8.78 Å². The number of halogens is 2. The SMILES string of the molecule is CCNC(CC)c1ccc(-c2cc(F)c(C)cc2F)cc1. The molecule has 112 valence electrons. The average molecular weight is 289 g/mol. The van der Waals surface area contributed by atoms with Gasteiger partial charge in [-0.1, -0.05) is 38.1 Å². The van der Waals surface area contributed by atoms with Crippen LogP contribution in [0.4, 0.5) is 8.78 Å². The summed E-state index contributed by atoms with van der Waals surface area (Å²) >= 11 is 0. The number of rotatable bonds is 5. The van der Waals surface area contributed by atoms with E-state index in [-0.39, 0.29) is 11.6 Å². The smallest absolute Gasteiger partial charge is 0.131 e. The molecule has 1 nitrogen and oxygen atoms in total. The third-order valence-corrected chi connectivity index (χ3v) is 3.73. The predicted octanol–water partition coefficient (Wildman–Crippen LogP) is 5.00. The molecule has 1 unspecified atom stereocenters. The van der Waals surface area contributed by atoms with E-state index in [1.165, 1.54) is 12.1 Å². The van der Waals surface area contributed by atoms with Crippen molar-refractivity contribution in [2.45, 2.75) is 33.2 Å². The van der Waals surface area contributed by atoms with E-state index < -0.39 is 0 Å². The predicted molar refractivity (Wildman–Crippen MR) is 83.2 cm³/mol. The molecule has 2 rings (SSSR count). The van der Waals surface area contributed by atoms with Gasteiger partial charge < -0.3 is 5.32 Å². The summed E-state index contributed by atoms with van der Waals surface area (Å²) in [6, 6.07) is 10.5. The Morgan fingerprint density at radius 2 is 1.67 bits per heavy atom. The molecule has 2 aromatic rings. The van der Waals surface area contributed by atoms with Crippen molar-refractivity contribution in [3.63, 3.8) is 0 Å². The van der Waals surface area contributed by atoms with Gasteiger partial charge in [-0.15, -0.1) is 0 Å². The molecule has 0 spiro atoms. The molecular formula is C18H21F2N. The van der Waals surface area contributed by atoms with Crippen LogP contribution in [0.2, 0.25) is 0 Å². The molecule has 2 aromatic carbocycles. The van der Waals surface area contributed by atoms with Crippen molar-refractivity contribution in [3.05, 3.63) is 59.2 Å². The lowest BCUT2D eigenvalue weighted by molar-refractivity contribution is 0.537. The second-order valence-electron chi connectivity index (χ2n) is 5.22. The minimum absolute atomic E-state index is 0.295. The summed E-state index contributed by atoms with van der Waals surface area (Å²) in [6.45, 7) is 6.66. The summed E-state index contributed by atoms with van der Waals surface area (Å²) in [5.74, 6) is -0.769. The third-order valence-electron chi connectivity index (χ3n) is 3.73. The van der Waals surface area contributed by atoms with Crippen molar-refractivity contribution in [1.82, 2.24) is 5.32 Å². The van der Waals surface area contributed by atoms with E-state index >= 15 is 0 Å². The first-order chi connectivity index (χ1) is 10.1. The summed E-state index contributed by atoms with van der Waals surface area (Å²) in [5, 5.41) is 3.40. The topological polar surface area (TPSA) is 12.0 Å². The number of nitrogens with one attached hydrogen (secondary N) is 1. The van der Waals surface area contributed by atoms with Crippen LogP contribution in [0.15, 0.2) is 36.4 Å². The highest BCUT2D eigenvalue weighted by atomic mass is 19.1. The van der Waals surface area contributed by atoms with Crippen LogP contribution >= 0.6 is 0 Å². The number of hydrogen-bond donors (Lipinski definition) is 1. The largest absolute Gasteiger partial charge is 0.310 e. The first-order valence-electron chi connectivity index (χ1n) is 7.36. The van der Waals surface area contributed by atoms with Gasteiger partial charge in [0, 0.05) is 11.6 Å². The van der Waals surface area contributed by atoms with Crippen LogP contribution in [0.5, 0.6) is 0 Å². The van der Waals surface area contributed by atoms with Crippen LogP contribution < -0.4 is 5.32 Å². The van der Waals surface area contributed by atoms with E-state index in [1.54, 1.807) is 6.92 Å². The average Bonchev–Trinajstić information content (AvgIpc) is 2.49. The Balaban J connectivity index is 2.33. The second-order valence-corrected chi connectivity index (χ2v) is 5.22. The van der Waals surface area contributed by atoms with Crippen LogP contribution in [-0.4, -0.2) is 6.54 Å². The lowest BCUT2D eigenvalue weighted by Gasteiger charge is -2.16. The van der Waals surface area contributed by atoms with E-state index in [0.717, 1.165) is 18.5 Å². The molecule has 0 aromatic heterocycles. The maximum Gasteiger partial charge on any atom is 0.131 e. The fourth-order valence-corrected chi connectivity index (χ4v) is 2.51. The molecule has 1 N–H and O–H groups in total. The van der Waals surface area contributed by atoms with Gasteiger partial charge in [-0.25, -0.2) is 8.78 Å². The molecule has 0 amide bonds. The standard InChI is InChI=1S/C18H21F2N/c1-4-18(21-5-2)14-8-6-13(7-9-14)15-11-16(19)12(3)10-17(15)20/h6-11,18,21H,4-5H2,1-3H3. The molecule has 0 fully saturated rings. The molecule has 0 saturated heterocycles. The zero-order valence-corrected chi connectivity index (χ0v) is 12.7. The van der Waals surface area contributed by atoms with Crippen molar-refractivity contribution in [2.24, 2.45) is 0 Å². The molecule has 0 aliphatic rings. The van der Waals surface area contributed by atoms with Crippen molar-refractivity contribution in [3.8, 4) is 11.1 Å². The minimum atomic E-state index is -0.389. The van der Waals surface area contributed by atoms with Crippen LogP contribution in [-0.2, 0) is 0 Å². The summed E-state index contributed by atoms with van der Waals surface area (Å²) in [6.07, 6.45) is 0.987. The first-order valence-corrected chi connectivity index (χ1v) is 7.36. The molecule has 1 atom stereocenters. The van der Waals surface area contributed by atoms with Crippen LogP contribution in [0, 0.1) is 18.6 Å². The van der Waals surface area contributed by atoms with E-state index in [1.807, 2.05) is 24.3 Å². The highest BCUT2D eigenvalue weighted by Gasteiger charge is 2.11. The van der Waals surface area contributed by atoms with Gasteiger partial charge in [-0.3, -0.25) is 0 Å². The molecular weight excluding hydrogens is 268 g/mol. The third kappa shape index (κ3) is 3.48. The van der Waals surface area contributed by atoms with Crippen LogP contribution in [0.1, 0.15) is 37.4 Å². The fraction of sp³-hybridized carbons (Fsp3) is 0.333. The highest BCUT2D eigenvalue weighted by molar-refractivity contribution is 5.65. The van der Waals surface area contributed by atoms with Gasteiger partial charge in [0.05, 0.1) is 0 Å². The Kier molecular flexibility index (Phi) is 5.07. The van der Waals surface area contributed by atoms with Gasteiger partial charge in [-0.05, 0) is 48.7 Å². The Labute approximate surface area is 125 Å². The maximum atomic E-state index is 14.0. The van der Waals surface area contributed by atoms with Gasteiger partial charge in [0.1, 0.15) is 11.6 Å². The molecule has 3 heteroatoms. The highest BCUT2D eigenvalue weighted by Crippen LogP contribution is 2.27. The molecule has 0 aliphatic carbocycles. The summed E-state index contributed by atoms with van der Waals surface area (Å²) in [4.78, 5) is 0. The summed E-state index contributed by atoms with van der Waals surface area (Å²) in [7, 11) is 0. The van der Waals surface area contributed by atoms with Gasteiger partial charge in [0.25, 0.3) is 0 Å². The lowest BCUT2D eigenvalue weighted by atomic mass is 9.98. The Morgan fingerprint density at radius 1 is 1.00 bits per heavy atom. The van der Waals surface area contributed by atoms with Crippen LogP contribution in [0.3, 0.4) is 0 Å². The van der Waals surface area contributed by atoms with E-state index in [4.69, 9.17) is 0 Å². The van der Waals surface area contributed by atoms with Crippen LogP contribution in [0.25, 0.3) is 11.1 Å². The molecule has 0 bridgehead atoms. The summed E-state index contributed by atoms with van der Waals surface area (Å²) < 4.78 is 27.6. The molecule has 0 radical (unpaired) electrons. The van der Waals surface area contributed by atoms with Crippen molar-refractivity contribution < 1.29 is 8.78 Å². The minimum Gasteiger partial charge on any atom is -0.310 e. The quantitative estimate of drug-likeness (QED) is 0.816. The van der Waals surface area contributed by atoms with Gasteiger partial charge in [0.15, 0.2) is 0 Å². The van der Waals surface area contributed by atoms with Gasteiger partial charge in [-0.2, -0.15) is 0 Å². The van der Waals surface area contributed by atoms with E-state index in [0.29, 0.717) is 22.7 Å². The second kappa shape index (κ2) is 6.81. The molecule has 0 saturated carbocycles. The Bertz CT molecular complexity index is 605. The summed E-state index contributed by atoms with van der Waals surface area (Å²) in [5.41, 5.74) is 2.49. The number of aryl methyl sites for hydroxylation is 1. The van der Waals surface area contributed by atoms with E-state index in [2.05, 4.69) is 19.2 Å². The van der Waals surface area contributed by atoms with Crippen molar-refractivity contribution in [1.29, 1.82) is 0 Å². The lowest BCUT2D eigenvalue weighted by Crippen LogP contribution is -2.19. The van der Waals surface area contributed by atoms with Crippen molar-refractivity contribution >= 4 is 0 Å². The first kappa shape index (κ1) is 15.6. The maximum absolute atomic E-state index is 14.0. The molecule has 21 heavy (non-hydrogen) atoms. The number of hydrogen-bond acceptors (Lipinski definition) is 1. The number of benzene rings is 2. The monoisotopic (exact) mass is 289 g/mol. The Hall–Kier alpha value is -1.74. The molecule has 0 aliphatic heterocycles. The fourth-order valence-electron chi connectivity index (χ4n) is 2.51.